The molecule has 1 aliphatic heterocycles. The van der Waals surface area contributed by atoms with Crippen LogP contribution in [0.15, 0.2) is 48.8 Å². The number of nitrogens with zero attached hydrogens (tertiary/aromatic N) is 3. The van der Waals surface area contributed by atoms with Crippen molar-refractivity contribution in [2.24, 2.45) is 5.73 Å². The molecule has 0 bridgehead atoms. The van der Waals surface area contributed by atoms with E-state index < -0.39 is 5.91 Å². The summed E-state index contributed by atoms with van der Waals surface area (Å²) in [4.78, 5) is 20.6. The molecule has 4 aromatic rings. The zero-order valence-corrected chi connectivity index (χ0v) is 16.1. The van der Waals surface area contributed by atoms with Crippen LogP contribution in [0.4, 0.5) is 23.1 Å². The smallest absolute Gasteiger partial charge is 0.254 e. The molecule has 0 unspecified atom stereocenters. The van der Waals surface area contributed by atoms with E-state index in [0.717, 1.165) is 41.8 Å². The van der Waals surface area contributed by atoms with Crippen LogP contribution in [0.1, 0.15) is 21.5 Å². The molecule has 0 fully saturated rings. The highest BCUT2D eigenvalue weighted by Gasteiger charge is 2.14. The van der Waals surface area contributed by atoms with E-state index in [0.29, 0.717) is 11.8 Å². The van der Waals surface area contributed by atoms with Crippen LogP contribution in [0.2, 0.25) is 0 Å². The number of aromatic amines is 1. The van der Waals surface area contributed by atoms with E-state index in [4.69, 9.17) is 5.73 Å². The Morgan fingerprint density at radius 2 is 1.90 bits per heavy atom. The van der Waals surface area contributed by atoms with Gasteiger partial charge in [0.2, 0.25) is 5.95 Å². The summed E-state index contributed by atoms with van der Waals surface area (Å²) in [5.74, 6) is 0.105. The second-order valence-electron chi connectivity index (χ2n) is 7.15. The molecular weight excluding hydrogens is 380 g/mol. The van der Waals surface area contributed by atoms with Crippen LogP contribution >= 0.6 is 0 Å². The lowest BCUT2D eigenvalue weighted by atomic mass is 10.0. The largest absolute Gasteiger partial charge is 0.365 e. The Labute approximate surface area is 172 Å². The van der Waals surface area contributed by atoms with Gasteiger partial charge in [-0.15, -0.1) is 0 Å². The van der Waals surface area contributed by atoms with Gasteiger partial charge in [-0.1, -0.05) is 6.07 Å². The first-order valence-electron chi connectivity index (χ1n) is 9.62. The predicted molar refractivity (Wildman–Crippen MR) is 115 cm³/mol. The highest BCUT2D eigenvalue weighted by molar-refractivity contribution is 5.98. The number of carbonyl (C=O) groups is 1. The van der Waals surface area contributed by atoms with Gasteiger partial charge in [0, 0.05) is 29.5 Å². The first-order chi connectivity index (χ1) is 14.7. The Balaban J connectivity index is 1.44. The molecule has 0 saturated heterocycles. The third-order valence-corrected chi connectivity index (χ3v) is 5.11. The molecule has 2 aromatic heterocycles. The minimum Gasteiger partial charge on any atom is -0.365 e. The van der Waals surface area contributed by atoms with E-state index in [1.54, 1.807) is 6.20 Å². The van der Waals surface area contributed by atoms with Crippen molar-refractivity contribution in [2.75, 3.05) is 17.2 Å². The Morgan fingerprint density at radius 3 is 2.80 bits per heavy atom. The summed E-state index contributed by atoms with van der Waals surface area (Å²) in [6.07, 6.45) is 4.15. The van der Waals surface area contributed by atoms with Crippen LogP contribution in [-0.2, 0) is 13.0 Å². The summed E-state index contributed by atoms with van der Waals surface area (Å²) < 4.78 is 0. The number of aromatic nitrogens is 4. The summed E-state index contributed by atoms with van der Waals surface area (Å²) in [7, 11) is 0. The van der Waals surface area contributed by atoms with Crippen molar-refractivity contribution >= 4 is 40.0 Å². The molecule has 1 amide bonds. The number of nitrogens with one attached hydrogen (secondary N) is 4. The number of fused-ring (bicyclic) bond motifs is 2. The van der Waals surface area contributed by atoms with E-state index in [1.807, 2.05) is 24.3 Å². The number of nitrogens with two attached hydrogens (primary N) is 1. The number of benzene rings is 2. The van der Waals surface area contributed by atoms with Gasteiger partial charge in [-0.2, -0.15) is 10.1 Å². The fraction of sp³-hybridized carbons (Fsp3) is 0.143. The minimum absolute atomic E-state index is 0.210. The van der Waals surface area contributed by atoms with E-state index in [2.05, 4.69) is 48.2 Å². The molecule has 150 valence electrons. The molecule has 1 aliphatic rings. The second kappa shape index (κ2) is 7.45. The Bertz CT molecular complexity index is 1250. The first kappa shape index (κ1) is 18.1. The van der Waals surface area contributed by atoms with Gasteiger partial charge in [0.15, 0.2) is 0 Å². The highest BCUT2D eigenvalue weighted by atomic mass is 16.1. The molecule has 0 spiro atoms. The second-order valence-corrected chi connectivity index (χ2v) is 7.15. The van der Waals surface area contributed by atoms with Crippen LogP contribution < -0.4 is 21.7 Å². The lowest BCUT2D eigenvalue weighted by Crippen LogP contribution is -2.23. The van der Waals surface area contributed by atoms with Crippen molar-refractivity contribution < 1.29 is 4.79 Å². The molecule has 2 aromatic carbocycles. The number of amides is 1. The molecule has 0 atom stereocenters. The fourth-order valence-corrected chi connectivity index (χ4v) is 3.55. The maximum Gasteiger partial charge on any atom is 0.254 e. The van der Waals surface area contributed by atoms with Crippen LogP contribution in [0.25, 0.3) is 10.9 Å². The number of primary amides is 1. The van der Waals surface area contributed by atoms with Crippen molar-refractivity contribution in [3.8, 4) is 0 Å². The number of carbonyl (C=O) groups excluding carboxylic acids is 1. The molecule has 5 rings (SSSR count). The maximum atomic E-state index is 11.9. The van der Waals surface area contributed by atoms with Crippen molar-refractivity contribution in [3.63, 3.8) is 0 Å². The molecular formula is C21H20N8O. The normalized spacial score (nSPS) is 13.1. The fourth-order valence-electron chi connectivity index (χ4n) is 3.55. The summed E-state index contributed by atoms with van der Waals surface area (Å²) in [6, 6.07) is 11.9. The Hall–Kier alpha value is -3.98. The topological polar surface area (TPSA) is 134 Å². The Morgan fingerprint density at radius 1 is 1.03 bits per heavy atom. The van der Waals surface area contributed by atoms with Crippen LogP contribution in [-0.4, -0.2) is 32.6 Å². The van der Waals surface area contributed by atoms with Gasteiger partial charge < -0.3 is 21.7 Å². The van der Waals surface area contributed by atoms with E-state index in [-0.39, 0.29) is 5.56 Å². The number of H-pyrrole nitrogens is 1. The lowest BCUT2D eigenvalue weighted by Gasteiger charge is -2.18. The monoisotopic (exact) mass is 400 g/mol. The zero-order valence-electron chi connectivity index (χ0n) is 16.1. The van der Waals surface area contributed by atoms with Crippen molar-refractivity contribution in [1.29, 1.82) is 0 Å². The van der Waals surface area contributed by atoms with Crippen molar-refractivity contribution in [1.82, 2.24) is 25.5 Å². The maximum absolute atomic E-state index is 11.9. The van der Waals surface area contributed by atoms with E-state index >= 15 is 0 Å². The molecule has 0 saturated carbocycles. The highest BCUT2D eigenvalue weighted by Crippen LogP contribution is 2.25. The Kier molecular flexibility index (Phi) is 4.49. The minimum atomic E-state index is -0.604. The van der Waals surface area contributed by atoms with Crippen LogP contribution in [0, 0.1) is 0 Å². The van der Waals surface area contributed by atoms with Gasteiger partial charge in [-0.25, -0.2) is 4.98 Å². The summed E-state index contributed by atoms with van der Waals surface area (Å²) in [5, 5.41) is 17.7. The lowest BCUT2D eigenvalue weighted by molar-refractivity contribution is 0.100. The van der Waals surface area contributed by atoms with Gasteiger partial charge in [0.1, 0.15) is 11.4 Å². The molecule has 0 radical (unpaired) electrons. The van der Waals surface area contributed by atoms with E-state index in [1.165, 1.54) is 17.3 Å². The number of anilines is 4. The van der Waals surface area contributed by atoms with Gasteiger partial charge in [-0.05, 0) is 54.4 Å². The number of hydrogen-bond donors (Lipinski definition) is 5. The standard InChI is InChI=1S/C21H20N8O/c22-19(30)17-11-24-21(27-15-3-1-13-9-23-6-5-12(13)7-15)28-20(17)26-16-4-2-14-10-25-29-18(14)8-16/h1-4,7-8,10-11,23H,5-6,9H2,(H2,22,30)(H,25,29)(H2,24,26,27,28). The van der Waals surface area contributed by atoms with Crippen LogP contribution in [0.5, 0.6) is 0 Å². The summed E-state index contributed by atoms with van der Waals surface area (Å²) in [6.45, 7) is 1.85. The van der Waals surface area contributed by atoms with Gasteiger partial charge >= 0.3 is 0 Å². The molecule has 6 N–H and O–H groups in total. The van der Waals surface area contributed by atoms with Crippen molar-refractivity contribution in [3.05, 3.63) is 65.5 Å². The average molecular weight is 400 g/mol. The summed E-state index contributed by atoms with van der Waals surface area (Å²) >= 11 is 0. The predicted octanol–water partition coefficient (Wildman–Crippen LogP) is 2.58. The third kappa shape index (κ3) is 3.53. The molecule has 9 nitrogen and oxygen atoms in total. The molecule has 3 heterocycles. The van der Waals surface area contributed by atoms with Crippen molar-refractivity contribution in [2.45, 2.75) is 13.0 Å². The molecule has 0 aliphatic carbocycles. The number of rotatable bonds is 5. The van der Waals surface area contributed by atoms with Gasteiger partial charge in [0.25, 0.3) is 5.91 Å². The SMILES string of the molecule is NC(=O)c1cnc(Nc2ccc3c(c2)CCNC3)nc1Nc1ccc2cn[nH]c2c1. The number of hydrogen-bond acceptors (Lipinski definition) is 7. The van der Waals surface area contributed by atoms with Crippen LogP contribution in [0.3, 0.4) is 0 Å². The third-order valence-electron chi connectivity index (χ3n) is 5.11. The summed E-state index contributed by atoms with van der Waals surface area (Å²) in [5.41, 5.74) is 10.9. The average Bonchev–Trinajstić information content (AvgIpc) is 3.21. The zero-order chi connectivity index (χ0) is 20.5. The molecule has 30 heavy (non-hydrogen) atoms. The molecule has 9 heteroatoms. The quantitative estimate of drug-likeness (QED) is 0.348. The van der Waals surface area contributed by atoms with Gasteiger partial charge in [0.05, 0.1) is 11.7 Å². The first-order valence-corrected chi connectivity index (χ1v) is 9.62. The van der Waals surface area contributed by atoms with E-state index in [9.17, 15) is 4.79 Å². The van der Waals surface area contributed by atoms with Gasteiger partial charge in [-0.3, -0.25) is 9.89 Å².